The molecule has 0 aliphatic carbocycles. The van der Waals surface area contributed by atoms with Crippen LogP contribution in [0, 0.1) is 12.7 Å². The van der Waals surface area contributed by atoms with E-state index in [9.17, 15) is 14.0 Å². The van der Waals surface area contributed by atoms with Gasteiger partial charge in [0.25, 0.3) is 11.5 Å². The maximum absolute atomic E-state index is 13.4. The van der Waals surface area contributed by atoms with E-state index in [0.29, 0.717) is 17.8 Å². The Hall–Kier alpha value is -2.50. The number of carbonyl (C=O) groups excluding carboxylic acids is 1. The molecule has 0 saturated carbocycles. The second kappa shape index (κ2) is 6.30. The van der Waals surface area contributed by atoms with E-state index in [4.69, 9.17) is 0 Å². The number of rotatable bonds is 4. The van der Waals surface area contributed by atoms with Crippen molar-refractivity contribution in [1.29, 1.82) is 0 Å². The third-order valence-corrected chi connectivity index (χ3v) is 2.96. The number of benzene rings is 1. The van der Waals surface area contributed by atoms with Gasteiger partial charge >= 0.3 is 0 Å². The van der Waals surface area contributed by atoms with Crippen LogP contribution in [0.15, 0.2) is 35.1 Å². The molecule has 110 valence electrons. The van der Waals surface area contributed by atoms with Gasteiger partial charge in [-0.25, -0.2) is 9.07 Å². The summed E-state index contributed by atoms with van der Waals surface area (Å²) in [5, 5.41) is 6.55. The van der Waals surface area contributed by atoms with Crippen LogP contribution in [0.2, 0.25) is 0 Å². The number of hydrogen-bond donors (Lipinski definition) is 1. The van der Waals surface area contributed by atoms with Gasteiger partial charge in [0.1, 0.15) is 11.5 Å². The molecule has 0 aliphatic rings. The lowest BCUT2D eigenvalue weighted by atomic mass is 10.2. The highest BCUT2D eigenvalue weighted by molar-refractivity contribution is 6.02. The van der Waals surface area contributed by atoms with Crippen molar-refractivity contribution < 1.29 is 9.18 Å². The summed E-state index contributed by atoms with van der Waals surface area (Å²) in [6.07, 6.45) is 0.737. The SMILES string of the molecule is CCCn1nc(C(=O)Nc2ccc(C)c(F)c2)ccc1=O. The molecule has 0 aliphatic heterocycles. The van der Waals surface area contributed by atoms with Crippen LogP contribution >= 0.6 is 0 Å². The van der Waals surface area contributed by atoms with Crippen molar-refractivity contribution in [1.82, 2.24) is 9.78 Å². The van der Waals surface area contributed by atoms with Gasteiger partial charge in [-0.2, -0.15) is 5.10 Å². The average Bonchev–Trinajstić information content (AvgIpc) is 2.45. The summed E-state index contributed by atoms with van der Waals surface area (Å²) < 4.78 is 14.7. The molecule has 0 unspecified atom stereocenters. The summed E-state index contributed by atoms with van der Waals surface area (Å²) in [6, 6.07) is 7.09. The van der Waals surface area contributed by atoms with Gasteiger partial charge in [-0.05, 0) is 37.1 Å². The first kappa shape index (κ1) is 14.9. The maximum Gasteiger partial charge on any atom is 0.276 e. The van der Waals surface area contributed by atoms with Crippen LogP contribution in [0.1, 0.15) is 29.4 Å². The van der Waals surface area contributed by atoms with Gasteiger partial charge in [-0.15, -0.1) is 0 Å². The van der Waals surface area contributed by atoms with Gasteiger partial charge in [0.05, 0.1) is 0 Å². The lowest BCUT2D eigenvalue weighted by Crippen LogP contribution is -2.26. The Kier molecular flexibility index (Phi) is 4.47. The summed E-state index contributed by atoms with van der Waals surface area (Å²) in [4.78, 5) is 23.6. The number of anilines is 1. The zero-order valence-electron chi connectivity index (χ0n) is 11.9. The topological polar surface area (TPSA) is 64.0 Å². The molecule has 0 atom stereocenters. The Morgan fingerprint density at radius 2 is 2.10 bits per heavy atom. The number of nitrogens with zero attached hydrogens (tertiary/aromatic N) is 2. The molecule has 1 amide bonds. The monoisotopic (exact) mass is 289 g/mol. The molecule has 21 heavy (non-hydrogen) atoms. The number of carbonyl (C=O) groups is 1. The maximum atomic E-state index is 13.4. The minimum Gasteiger partial charge on any atom is -0.320 e. The van der Waals surface area contributed by atoms with Gasteiger partial charge in [0.2, 0.25) is 0 Å². The Labute approximate surface area is 121 Å². The van der Waals surface area contributed by atoms with Crippen molar-refractivity contribution in [3.05, 3.63) is 57.8 Å². The molecule has 0 bridgehead atoms. The number of halogens is 1. The minimum atomic E-state index is -0.483. The Bertz CT molecular complexity index is 725. The number of amides is 1. The van der Waals surface area contributed by atoms with Crippen molar-refractivity contribution >= 4 is 11.6 Å². The Balaban J connectivity index is 2.21. The third-order valence-electron chi connectivity index (χ3n) is 2.96. The Morgan fingerprint density at radius 1 is 1.33 bits per heavy atom. The molecule has 0 fully saturated rings. The van der Waals surface area contributed by atoms with Crippen LogP contribution < -0.4 is 10.9 Å². The van der Waals surface area contributed by atoms with Crippen LogP contribution in [0.4, 0.5) is 10.1 Å². The van der Waals surface area contributed by atoms with Crippen LogP contribution in [-0.2, 0) is 6.54 Å². The summed E-state index contributed by atoms with van der Waals surface area (Å²) in [5.41, 5.74) is 0.708. The predicted molar refractivity (Wildman–Crippen MR) is 77.9 cm³/mol. The fourth-order valence-corrected chi connectivity index (χ4v) is 1.81. The van der Waals surface area contributed by atoms with Gasteiger partial charge < -0.3 is 5.32 Å². The number of nitrogens with one attached hydrogen (secondary N) is 1. The molecule has 2 aromatic rings. The molecule has 2 rings (SSSR count). The standard InChI is InChI=1S/C15H16FN3O2/c1-3-8-19-14(20)7-6-13(18-19)15(21)17-11-5-4-10(2)12(16)9-11/h4-7,9H,3,8H2,1-2H3,(H,17,21). The summed E-state index contributed by atoms with van der Waals surface area (Å²) >= 11 is 0. The molecular formula is C15H16FN3O2. The Morgan fingerprint density at radius 3 is 2.76 bits per heavy atom. The van der Waals surface area contributed by atoms with E-state index in [-0.39, 0.29) is 11.3 Å². The van der Waals surface area contributed by atoms with Gasteiger partial charge in [-0.3, -0.25) is 9.59 Å². The highest BCUT2D eigenvalue weighted by Gasteiger charge is 2.10. The lowest BCUT2D eigenvalue weighted by Gasteiger charge is -2.07. The fourth-order valence-electron chi connectivity index (χ4n) is 1.81. The predicted octanol–water partition coefficient (Wildman–Crippen LogP) is 2.35. The summed E-state index contributed by atoms with van der Waals surface area (Å²) in [7, 11) is 0. The quantitative estimate of drug-likeness (QED) is 0.939. The molecular weight excluding hydrogens is 273 g/mol. The normalized spacial score (nSPS) is 10.4. The van der Waals surface area contributed by atoms with Gasteiger partial charge in [-0.1, -0.05) is 13.0 Å². The van der Waals surface area contributed by atoms with E-state index in [0.717, 1.165) is 6.42 Å². The number of hydrogen-bond acceptors (Lipinski definition) is 3. The van der Waals surface area contributed by atoms with Crippen LogP contribution in [0.25, 0.3) is 0 Å². The molecule has 1 N–H and O–H groups in total. The molecule has 1 aromatic heterocycles. The van der Waals surface area contributed by atoms with Crippen molar-refractivity contribution in [2.45, 2.75) is 26.8 Å². The number of aromatic nitrogens is 2. The fraction of sp³-hybridized carbons (Fsp3) is 0.267. The smallest absolute Gasteiger partial charge is 0.276 e. The number of aryl methyl sites for hydroxylation is 2. The molecule has 1 heterocycles. The van der Waals surface area contributed by atoms with E-state index in [1.54, 1.807) is 19.1 Å². The van der Waals surface area contributed by atoms with Gasteiger partial charge in [0, 0.05) is 18.3 Å². The van der Waals surface area contributed by atoms with Gasteiger partial charge in [0.15, 0.2) is 0 Å². The van der Waals surface area contributed by atoms with E-state index < -0.39 is 11.7 Å². The van der Waals surface area contributed by atoms with Crippen molar-refractivity contribution in [3.63, 3.8) is 0 Å². The molecule has 0 spiro atoms. The van der Waals surface area contributed by atoms with E-state index >= 15 is 0 Å². The molecule has 6 heteroatoms. The minimum absolute atomic E-state index is 0.115. The van der Waals surface area contributed by atoms with Crippen LogP contribution in [0.3, 0.4) is 0 Å². The zero-order chi connectivity index (χ0) is 15.4. The summed E-state index contributed by atoms with van der Waals surface area (Å²) in [6.45, 7) is 4.00. The average molecular weight is 289 g/mol. The zero-order valence-corrected chi connectivity index (χ0v) is 11.9. The first-order chi connectivity index (χ1) is 10.0. The summed E-state index contributed by atoms with van der Waals surface area (Å²) in [5.74, 6) is -0.875. The largest absolute Gasteiger partial charge is 0.320 e. The van der Waals surface area contributed by atoms with Crippen LogP contribution in [-0.4, -0.2) is 15.7 Å². The van der Waals surface area contributed by atoms with E-state index in [1.807, 2.05) is 6.92 Å². The van der Waals surface area contributed by atoms with Crippen molar-refractivity contribution in [2.75, 3.05) is 5.32 Å². The second-order valence-electron chi connectivity index (χ2n) is 4.70. The van der Waals surface area contributed by atoms with E-state index in [1.165, 1.54) is 22.9 Å². The molecule has 0 saturated heterocycles. The molecule has 5 nitrogen and oxygen atoms in total. The van der Waals surface area contributed by atoms with Crippen molar-refractivity contribution in [3.8, 4) is 0 Å². The van der Waals surface area contributed by atoms with Crippen molar-refractivity contribution in [2.24, 2.45) is 0 Å². The van der Waals surface area contributed by atoms with E-state index in [2.05, 4.69) is 10.4 Å². The molecule has 0 radical (unpaired) electrons. The third kappa shape index (κ3) is 3.53. The first-order valence-corrected chi connectivity index (χ1v) is 6.67. The lowest BCUT2D eigenvalue weighted by molar-refractivity contribution is 0.101. The molecule has 1 aromatic carbocycles. The highest BCUT2D eigenvalue weighted by atomic mass is 19.1. The highest BCUT2D eigenvalue weighted by Crippen LogP contribution is 2.14. The second-order valence-corrected chi connectivity index (χ2v) is 4.70. The van der Waals surface area contributed by atoms with Crippen LogP contribution in [0.5, 0.6) is 0 Å². The first-order valence-electron chi connectivity index (χ1n) is 6.67.